The number of methoxy groups -OCH3 is 1. The van der Waals surface area contributed by atoms with Gasteiger partial charge in [0.1, 0.15) is 11.9 Å². The van der Waals surface area contributed by atoms with Gasteiger partial charge in [-0.25, -0.2) is 0 Å². The lowest BCUT2D eigenvalue weighted by atomic mass is 10.00. The Morgan fingerprint density at radius 3 is 2.30 bits per heavy atom. The van der Waals surface area contributed by atoms with E-state index in [1.54, 1.807) is 37.1 Å². The van der Waals surface area contributed by atoms with Crippen molar-refractivity contribution >= 4 is 11.8 Å². The minimum absolute atomic E-state index is 0.0814. The van der Waals surface area contributed by atoms with Crippen LogP contribution in [0.5, 0.6) is 5.75 Å². The van der Waals surface area contributed by atoms with Gasteiger partial charge in [-0.3, -0.25) is 0 Å². The molecule has 0 saturated carbocycles. The normalized spacial score (nSPS) is 12.2. The van der Waals surface area contributed by atoms with Crippen molar-refractivity contribution in [1.29, 1.82) is 0 Å². The molecule has 3 nitrogen and oxygen atoms in total. The van der Waals surface area contributed by atoms with Crippen LogP contribution in [0.2, 0.25) is 0 Å². The van der Waals surface area contributed by atoms with E-state index < -0.39 is 6.10 Å². The fraction of sp³-hybridized carbons (Fsp3) is 0.250. The summed E-state index contributed by atoms with van der Waals surface area (Å²) in [6, 6.07) is 13.2. The van der Waals surface area contributed by atoms with Crippen LogP contribution in [0.25, 0.3) is 0 Å². The Labute approximate surface area is 123 Å². The third-order valence-corrected chi connectivity index (χ3v) is 3.97. The molecule has 0 saturated heterocycles. The van der Waals surface area contributed by atoms with E-state index >= 15 is 0 Å². The van der Waals surface area contributed by atoms with E-state index in [0.717, 1.165) is 16.0 Å². The molecule has 1 unspecified atom stereocenters. The molecule has 2 rings (SSSR count). The molecular formula is C16H18O3S. The lowest BCUT2D eigenvalue weighted by Crippen LogP contribution is -2.01. The maximum Gasteiger partial charge on any atom is 0.124 e. The summed E-state index contributed by atoms with van der Waals surface area (Å²) in [5, 5.41) is 19.6. The number of aliphatic hydroxyl groups is 2. The van der Waals surface area contributed by atoms with E-state index in [4.69, 9.17) is 4.74 Å². The number of thioether (sulfide) groups is 1. The van der Waals surface area contributed by atoms with Crippen LogP contribution in [0.4, 0.5) is 0 Å². The predicted molar refractivity (Wildman–Crippen MR) is 81.2 cm³/mol. The Hall–Kier alpha value is -1.49. The summed E-state index contributed by atoms with van der Waals surface area (Å²) in [5.74, 6) is 0.588. The van der Waals surface area contributed by atoms with Crippen LogP contribution in [-0.4, -0.2) is 23.6 Å². The minimum Gasteiger partial charge on any atom is -0.496 e. The molecule has 4 heteroatoms. The van der Waals surface area contributed by atoms with Crippen molar-refractivity contribution in [3.8, 4) is 5.75 Å². The molecule has 0 aromatic heterocycles. The van der Waals surface area contributed by atoms with Crippen molar-refractivity contribution in [2.75, 3.05) is 13.4 Å². The largest absolute Gasteiger partial charge is 0.496 e. The molecule has 1 atom stereocenters. The number of hydrogen-bond acceptors (Lipinski definition) is 4. The summed E-state index contributed by atoms with van der Waals surface area (Å²) in [6.07, 6.45) is 1.32. The first kappa shape index (κ1) is 14.9. The second-order valence-electron chi connectivity index (χ2n) is 4.41. The van der Waals surface area contributed by atoms with E-state index in [2.05, 4.69) is 0 Å². The van der Waals surface area contributed by atoms with Gasteiger partial charge >= 0.3 is 0 Å². The summed E-state index contributed by atoms with van der Waals surface area (Å²) in [4.78, 5) is 1.16. The summed E-state index contributed by atoms with van der Waals surface area (Å²) in [5.41, 5.74) is 2.29. The maximum absolute atomic E-state index is 10.4. The highest BCUT2D eigenvalue weighted by molar-refractivity contribution is 7.98. The summed E-state index contributed by atoms with van der Waals surface area (Å²) < 4.78 is 5.22. The molecule has 2 aromatic rings. The molecule has 20 heavy (non-hydrogen) atoms. The summed E-state index contributed by atoms with van der Waals surface area (Å²) in [7, 11) is 1.55. The zero-order valence-corrected chi connectivity index (χ0v) is 12.4. The second-order valence-corrected chi connectivity index (χ2v) is 5.28. The van der Waals surface area contributed by atoms with Crippen LogP contribution in [-0.2, 0) is 6.61 Å². The van der Waals surface area contributed by atoms with Gasteiger partial charge in [0.05, 0.1) is 13.7 Å². The Balaban J connectivity index is 2.29. The number of ether oxygens (including phenoxy) is 1. The number of benzene rings is 2. The van der Waals surface area contributed by atoms with Crippen LogP contribution >= 0.6 is 11.8 Å². The Bertz CT molecular complexity index is 566. The van der Waals surface area contributed by atoms with E-state index in [1.807, 2.05) is 30.5 Å². The van der Waals surface area contributed by atoms with Gasteiger partial charge in [0.25, 0.3) is 0 Å². The predicted octanol–water partition coefficient (Wildman–Crippen LogP) is 2.99. The maximum atomic E-state index is 10.4. The van der Waals surface area contributed by atoms with Gasteiger partial charge < -0.3 is 14.9 Å². The second kappa shape index (κ2) is 6.79. The van der Waals surface area contributed by atoms with Crippen molar-refractivity contribution in [1.82, 2.24) is 0 Å². The van der Waals surface area contributed by atoms with Gasteiger partial charge in [0, 0.05) is 10.5 Å². The molecule has 0 heterocycles. The van der Waals surface area contributed by atoms with Crippen LogP contribution < -0.4 is 4.74 Å². The smallest absolute Gasteiger partial charge is 0.124 e. The number of rotatable bonds is 5. The number of hydrogen-bond donors (Lipinski definition) is 2. The molecule has 0 fully saturated rings. The molecular weight excluding hydrogens is 272 g/mol. The first-order valence-electron chi connectivity index (χ1n) is 6.29. The first-order valence-corrected chi connectivity index (χ1v) is 7.51. The molecule has 106 valence electrons. The van der Waals surface area contributed by atoms with E-state index in [-0.39, 0.29) is 6.61 Å². The molecule has 0 spiro atoms. The van der Waals surface area contributed by atoms with Crippen LogP contribution in [0, 0.1) is 0 Å². The molecule has 0 amide bonds. The van der Waals surface area contributed by atoms with E-state index in [1.165, 1.54) is 0 Å². The first-order chi connectivity index (χ1) is 9.69. The highest BCUT2D eigenvalue weighted by atomic mass is 32.2. The molecule has 0 aliphatic heterocycles. The van der Waals surface area contributed by atoms with Gasteiger partial charge in [-0.15, -0.1) is 11.8 Å². The Morgan fingerprint density at radius 1 is 1.10 bits per heavy atom. The average Bonchev–Trinajstić information content (AvgIpc) is 2.53. The monoisotopic (exact) mass is 290 g/mol. The molecule has 2 aromatic carbocycles. The minimum atomic E-state index is -0.701. The molecule has 0 radical (unpaired) electrons. The van der Waals surface area contributed by atoms with Crippen molar-refractivity contribution in [2.24, 2.45) is 0 Å². The lowest BCUT2D eigenvalue weighted by molar-refractivity contribution is 0.219. The Morgan fingerprint density at radius 2 is 1.75 bits per heavy atom. The Kier molecular flexibility index (Phi) is 5.06. The van der Waals surface area contributed by atoms with Gasteiger partial charge in [-0.1, -0.05) is 24.3 Å². The molecule has 0 aliphatic rings. The number of aliphatic hydroxyl groups excluding tert-OH is 2. The van der Waals surface area contributed by atoms with Crippen LogP contribution in [0.3, 0.4) is 0 Å². The standard InChI is InChI=1S/C16H18O3S/c1-19-15-9-12(3-4-13(15)10-17)16(18)11-5-7-14(20-2)8-6-11/h3-9,16-18H,10H2,1-2H3. The van der Waals surface area contributed by atoms with Crippen molar-refractivity contribution in [3.05, 3.63) is 59.2 Å². The topological polar surface area (TPSA) is 49.7 Å². The summed E-state index contributed by atoms with van der Waals surface area (Å²) in [6.45, 7) is -0.0814. The molecule has 0 aliphatic carbocycles. The highest BCUT2D eigenvalue weighted by Crippen LogP contribution is 2.28. The summed E-state index contributed by atoms with van der Waals surface area (Å²) >= 11 is 1.67. The lowest BCUT2D eigenvalue weighted by Gasteiger charge is -2.14. The van der Waals surface area contributed by atoms with Gasteiger partial charge in [0.2, 0.25) is 0 Å². The zero-order valence-electron chi connectivity index (χ0n) is 11.5. The fourth-order valence-electron chi connectivity index (χ4n) is 2.04. The quantitative estimate of drug-likeness (QED) is 0.831. The fourth-order valence-corrected chi connectivity index (χ4v) is 2.45. The van der Waals surface area contributed by atoms with Crippen molar-refractivity contribution in [2.45, 2.75) is 17.6 Å². The third-order valence-electron chi connectivity index (χ3n) is 3.23. The third kappa shape index (κ3) is 3.15. The van der Waals surface area contributed by atoms with Gasteiger partial charge in [0.15, 0.2) is 0 Å². The highest BCUT2D eigenvalue weighted by Gasteiger charge is 2.13. The molecule has 2 N–H and O–H groups in total. The average molecular weight is 290 g/mol. The SMILES string of the molecule is COc1cc(C(O)c2ccc(SC)cc2)ccc1CO. The zero-order chi connectivity index (χ0) is 14.5. The van der Waals surface area contributed by atoms with E-state index in [9.17, 15) is 10.2 Å². The van der Waals surface area contributed by atoms with E-state index in [0.29, 0.717) is 11.3 Å². The van der Waals surface area contributed by atoms with Crippen LogP contribution in [0.15, 0.2) is 47.4 Å². The van der Waals surface area contributed by atoms with Crippen molar-refractivity contribution < 1.29 is 14.9 Å². The van der Waals surface area contributed by atoms with Crippen LogP contribution in [0.1, 0.15) is 22.8 Å². The van der Waals surface area contributed by atoms with Gasteiger partial charge in [-0.05, 0) is 35.6 Å². The molecule has 0 bridgehead atoms. The van der Waals surface area contributed by atoms with Crippen molar-refractivity contribution in [3.63, 3.8) is 0 Å². The van der Waals surface area contributed by atoms with Gasteiger partial charge in [-0.2, -0.15) is 0 Å².